The highest BCUT2D eigenvalue weighted by Crippen LogP contribution is 2.39. The van der Waals surface area contributed by atoms with E-state index in [-0.39, 0.29) is 24.3 Å². The van der Waals surface area contributed by atoms with Crippen molar-refractivity contribution in [3.63, 3.8) is 0 Å². The van der Waals surface area contributed by atoms with Crippen LogP contribution in [0.3, 0.4) is 0 Å². The van der Waals surface area contributed by atoms with Gasteiger partial charge in [-0.05, 0) is 57.5 Å². The molecule has 2 aromatic carbocycles. The molecular formula is C25H23N3O4S. The molecule has 7 nitrogen and oxygen atoms in total. The van der Waals surface area contributed by atoms with Gasteiger partial charge in [-0.1, -0.05) is 12.1 Å². The Bertz CT molecular complexity index is 1260. The first kappa shape index (κ1) is 21.3. The minimum atomic E-state index is -0.606. The Morgan fingerprint density at radius 1 is 0.970 bits per heavy atom. The van der Waals surface area contributed by atoms with Crippen molar-refractivity contribution < 1.29 is 19.1 Å². The molecule has 168 valence electrons. The maximum absolute atomic E-state index is 13.0. The number of aromatic nitrogens is 1. The average molecular weight is 462 g/mol. The third kappa shape index (κ3) is 3.60. The third-order valence-electron chi connectivity index (χ3n) is 5.99. The third-order valence-corrected chi connectivity index (χ3v) is 6.87. The Balaban J connectivity index is 1.37. The van der Waals surface area contributed by atoms with Gasteiger partial charge < -0.3 is 9.64 Å². The average Bonchev–Trinajstić information content (AvgIpc) is 3.26. The number of thiazole rings is 1. The molecule has 2 aliphatic rings. The number of hydrogen-bond acceptors (Lipinski definition) is 6. The van der Waals surface area contributed by atoms with Crippen LogP contribution in [-0.2, 0) is 4.79 Å². The fourth-order valence-electron chi connectivity index (χ4n) is 4.41. The zero-order valence-corrected chi connectivity index (χ0v) is 19.4. The van der Waals surface area contributed by atoms with E-state index in [9.17, 15) is 14.4 Å². The van der Waals surface area contributed by atoms with Crippen LogP contribution in [0.25, 0.3) is 11.3 Å². The number of carbonyl (C=O) groups is 3. The lowest BCUT2D eigenvalue weighted by atomic mass is 10.1. The highest BCUT2D eigenvalue weighted by Gasteiger charge is 2.36. The summed E-state index contributed by atoms with van der Waals surface area (Å²) in [5, 5.41) is 0.985. The predicted molar refractivity (Wildman–Crippen MR) is 126 cm³/mol. The monoisotopic (exact) mass is 461 g/mol. The van der Waals surface area contributed by atoms with Gasteiger partial charge in [0.1, 0.15) is 5.75 Å². The summed E-state index contributed by atoms with van der Waals surface area (Å²) in [4.78, 5) is 47.0. The number of rotatable bonds is 5. The summed E-state index contributed by atoms with van der Waals surface area (Å²) in [6, 6.07) is 12.6. The maximum atomic E-state index is 13.0. The number of amides is 3. The van der Waals surface area contributed by atoms with Gasteiger partial charge in [0.15, 0.2) is 6.10 Å². The molecule has 2 aliphatic heterocycles. The standard InChI is InChI=1S/C25H23N3O4S/c1-14-23(29)27(11-6-12-28-24(30)18-7-4-5-8-19(18)25(28)31)20-13-17(9-10-21(20)32-14)22-15(2)33-16(3)26-22/h4-5,7-10,13-14H,6,11-12H2,1-3H3. The van der Waals surface area contributed by atoms with E-state index < -0.39 is 6.10 Å². The van der Waals surface area contributed by atoms with Gasteiger partial charge in [0.25, 0.3) is 17.7 Å². The van der Waals surface area contributed by atoms with Crippen molar-refractivity contribution in [2.75, 3.05) is 18.0 Å². The molecule has 0 aliphatic carbocycles. The molecule has 0 fully saturated rings. The number of benzene rings is 2. The summed E-state index contributed by atoms with van der Waals surface area (Å²) in [6.07, 6.45) is -0.145. The first-order valence-corrected chi connectivity index (χ1v) is 11.7. The van der Waals surface area contributed by atoms with Crippen molar-refractivity contribution in [2.24, 2.45) is 0 Å². The normalized spacial score (nSPS) is 17.3. The minimum absolute atomic E-state index is 0.145. The second kappa shape index (κ2) is 8.12. The number of imide groups is 1. The van der Waals surface area contributed by atoms with Gasteiger partial charge >= 0.3 is 0 Å². The molecule has 3 heterocycles. The van der Waals surface area contributed by atoms with Gasteiger partial charge in [-0.25, -0.2) is 4.98 Å². The second-order valence-electron chi connectivity index (χ2n) is 8.23. The predicted octanol–water partition coefficient (Wildman–Crippen LogP) is 4.23. The molecule has 33 heavy (non-hydrogen) atoms. The van der Waals surface area contributed by atoms with Crippen molar-refractivity contribution in [3.8, 4) is 17.0 Å². The summed E-state index contributed by atoms with van der Waals surface area (Å²) in [7, 11) is 0. The molecule has 8 heteroatoms. The first-order chi connectivity index (χ1) is 15.8. The van der Waals surface area contributed by atoms with Crippen LogP contribution in [0.15, 0.2) is 42.5 Å². The van der Waals surface area contributed by atoms with Gasteiger partial charge in [0.05, 0.1) is 27.5 Å². The highest BCUT2D eigenvalue weighted by molar-refractivity contribution is 7.11. The molecular weight excluding hydrogens is 438 g/mol. The molecule has 0 bridgehead atoms. The Labute approximate surface area is 195 Å². The minimum Gasteiger partial charge on any atom is -0.479 e. The van der Waals surface area contributed by atoms with Gasteiger partial charge in [-0.2, -0.15) is 0 Å². The lowest BCUT2D eigenvalue weighted by Crippen LogP contribution is -2.45. The van der Waals surface area contributed by atoms with Crippen LogP contribution in [0, 0.1) is 13.8 Å². The number of aryl methyl sites for hydroxylation is 2. The highest BCUT2D eigenvalue weighted by atomic mass is 32.1. The van der Waals surface area contributed by atoms with E-state index in [4.69, 9.17) is 4.74 Å². The molecule has 0 spiro atoms. The summed E-state index contributed by atoms with van der Waals surface area (Å²) < 4.78 is 5.83. The van der Waals surface area contributed by atoms with Gasteiger partial charge in [0, 0.05) is 23.5 Å². The van der Waals surface area contributed by atoms with Gasteiger partial charge in [-0.3, -0.25) is 19.3 Å². The first-order valence-electron chi connectivity index (χ1n) is 10.9. The van der Waals surface area contributed by atoms with Crippen LogP contribution in [-0.4, -0.2) is 46.8 Å². The molecule has 0 N–H and O–H groups in total. The number of fused-ring (bicyclic) bond motifs is 2. The smallest absolute Gasteiger partial charge is 0.267 e. The lowest BCUT2D eigenvalue weighted by Gasteiger charge is -2.33. The van der Waals surface area contributed by atoms with Crippen LogP contribution < -0.4 is 9.64 Å². The lowest BCUT2D eigenvalue weighted by molar-refractivity contribution is -0.125. The zero-order chi connectivity index (χ0) is 23.3. The van der Waals surface area contributed by atoms with Crippen molar-refractivity contribution in [1.29, 1.82) is 0 Å². The topological polar surface area (TPSA) is 79.8 Å². The van der Waals surface area contributed by atoms with E-state index in [1.807, 2.05) is 32.0 Å². The van der Waals surface area contributed by atoms with E-state index in [0.29, 0.717) is 35.5 Å². The molecule has 1 atom stereocenters. The van der Waals surface area contributed by atoms with Crippen LogP contribution >= 0.6 is 11.3 Å². The molecule has 3 amide bonds. The molecule has 5 rings (SSSR count). The molecule has 0 radical (unpaired) electrons. The fourth-order valence-corrected chi connectivity index (χ4v) is 5.25. The number of anilines is 1. The Hall–Kier alpha value is -3.52. The van der Waals surface area contributed by atoms with Gasteiger partial charge in [0.2, 0.25) is 0 Å². The largest absolute Gasteiger partial charge is 0.479 e. The van der Waals surface area contributed by atoms with E-state index in [0.717, 1.165) is 21.1 Å². The number of hydrogen-bond donors (Lipinski definition) is 0. The zero-order valence-electron chi connectivity index (χ0n) is 18.6. The van der Waals surface area contributed by atoms with Crippen molar-refractivity contribution in [2.45, 2.75) is 33.3 Å². The van der Waals surface area contributed by atoms with Crippen LogP contribution in [0.1, 0.15) is 43.9 Å². The summed E-state index contributed by atoms with van der Waals surface area (Å²) in [5.41, 5.74) is 3.37. The van der Waals surface area contributed by atoms with Gasteiger partial charge in [-0.15, -0.1) is 11.3 Å². The van der Waals surface area contributed by atoms with E-state index in [2.05, 4.69) is 4.98 Å². The molecule has 1 aromatic heterocycles. The van der Waals surface area contributed by atoms with Crippen molar-refractivity contribution >= 4 is 34.7 Å². The Kier molecular flexibility index (Phi) is 5.25. The molecule has 3 aromatic rings. The van der Waals surface area contributed by atoms with Crippen molar-refractivity contribution in [3.05, 3.63) is 63.5 Å². The Morgan fingerprint density at radius 3 is 2.27 bits per heavy atom. The SMILES string of the molecule is Cc1nc(-c2ccc3c(c2)N(CCCN2C(=O)c4ccccc4C2=O)C(=O)C(C)O3)c(C)s1. The molecule has 1 unspecified atom stereocenters. The van der Waals surface area contributed by atoms with Crippen LogP contribution in [0.5, 0.6) is 5.75 Å². The molecule has 0 saturated heterocycles. The van der Waals surface area contributed by atoms with E-state index in [1.165, 1.54) is 4.90 Å². The summed E-state index contributed by atoms with van der Waals surface area (Å²) in [5.74, 6) is -0.0759. The second-order valence-corrected chi connectivity index (χ2v) is 9.64. The van der Waals surface area contributed by atoms with Crippen molar-refractivity contribution in [1.82, 2.24) is 9.88 Å². The Morgan fingerprint density at radius 2 is 1.64 bits per heavy atom. The maximum Gasteiger partial charge on any atom is 0.267 e. The van der Waals surface area contributed by atoms with E-state index in [1.54, 1.807) is 47.4 Å². The summed E-state index contributed by atoms with van der Waals surface area (Å²) >= 11 is 1.63. The number of carbonyl (C=O) groups excluding carboxylic acids is 3. The quantitative estimate of drug-likeness (QED) is 0.532. The number of nitrogens with zero attached hydrogens (tertiary/aromatic N) is 3. The van der Waals surface area contributed by atoms with Crippen LogP contribution in [0.2, 0.25) is 0 Å². The van der Waals surface area contributed by atoms with Crippen LogP contribution in [0.4, 0.5) is 5.69 Å². The molecule has 0 saturated carbocycles. The van der Waals surface area contributed by atoms with E-state index >= 15 is 0 Å². The fraction of sp³-hybridized carbons (Fsp3) is 0.280. The summed E-state index contributed by atoms with van der Waals surface area (Å²) in [6.45, 7) is 6.34. The number of ether oxygens (including phenoxy) is 1.